The summed E-state index contributed by atoms with van der Waals surface area (Å²) in [5.41, 5.74) is 1.37. The van der Waals surface area contributed by atoms with E-state index in [4.69, 9.17) is 5.11 Å². The summed E-state index contributed by atoms with van der Waals surface area (Å²) in [6.45, 7) is 0. The van der Waals surface area contributed by atoms with Crippen molar-refractivity contribution in [3.8, 4) is 0 Å². The largest absolute Gasteiger partial charge is 0.476 e. The smallest absolute Gasteiger partial charge is 0.355 e. The highest BCUT2D eigenvalue weighted by Gasteiger charge is 2.13. The molecule has 17 heavy (non-hydrogen) atoms. The van der Waals surface area contributed by atoms with Gasteiger partial charge in [-0.25, -0.2) is 9.78 Å². The third kappa shape index (κ3) is 1.42. The number of pyridine rings is 2. The Bertz CT molecular complexity index is 738. The van der Waals surface area contributed by atoms with Crippen molar-refractivity contribution in [1.82, 2.24) is 9.97 Å². The van der Waals surface area contributed by atoms with Crippen molar-refractivity contribution in [2.24, 2.45) is 0 Å². The molecule has 4 nitrogen and oxygen atoms in total. The molecule has 1 N–H and O–H groups in total. The number of aromatic nitrogens is 2. The van der Waals surface area contributed by atoms with Crippen LogP contribution in [0.15, 0.2) is 42.6 Å². The highest BCUT2D eigenvalue weighted by molar-refractivity contribution is 6.10. The zero-order valence-corrected chi connectivity index (χ0v) is 8.79. The van der Waals surface area contributed by atoms with Gasteiger partial charge >= 0.3 is 5.97 Å². The lowest BCUT2D eigenvalue weighted by Crippen LogP contribution is -2.02. The van der Waals surface area contributed by atoms with Crippen LogP contribution in [0.5, 0.6) is 0 Å². The van der Waals surface area contributed by atoms with E-state index < -0.39 is 5.97 Å². The van der Waals surface area contributed by atoms with E-state index in [1.165, 1.54) is 0 Å². The van der Waals surface area contributed by atoms with Crippen LogP contribution in [-0.4, -0.2) is 21.0 Å². The standard InChI is InChI=1S/C13H8N2O2/c16-13(17)12-9-5-3-7-14-11(9)8-4-1-2-6-10(8)15-12/h1-7H,(H,16,17). The molecule has 2 heterocycles. The fraction of sp³-hybridized carbons (Fsp3) is 0. The number of hydrogen-bond acceptors (Lipinski definition) is 3. The van der Waals surface area contributed by atoms with Gasteiger partial charge in [-0.15, -0.1) is 0 Å². The van der Waals surface area contributed by atoms with E-state index in [1.54, 1.807) is 24.4 Å². The molecule has 82 valence electrons. The Morgan fingerprint density at radius 1 is 1.06 bits per heavy atom. The first-order valence-electron chi connectivity index (χ1n) is 5.14. The molecule has 0 amide bonds. The van der Waals surface area contributed by atoms with Crippen LogP contribution in [0, 0.1) is 0 Å². The average molecular weight is 224 g/mol. The molecule has 3 aromatic rings. The summed E-state index contributed by atoms with van der Waals surface area (Å²) in [6.07, 6.45) is 1.65. The van der Waals surface area contributed by atoms with E-state index in [2.05, 4.69) is 9.97 Å². The Hall–Kier alpha value is -2.49. The van der Waals surface area contributed by atoms with Crippen LogP contribution in [0.25, 0.3) is 21.8 Å². The number of rotatable bonds is 1. The second kappa shape index (κ2) is 3.52. The highest BCUT2D eigenvalue weighted by atomic mass is 16.4. The Morgan fingerprint density at radius 3 is 2.65 bits per heavy atom. The lowest BCUT2D eigenvalue weighted by molar-refractivity contribution is 0.0693. The van der Waals surface area contributed by atoms with E-state index in [9.17, 15) is 4.79 Å². The molecule has 0 radical (unpaired) electrons. The van der Waals surface area contributed by atoms with Gasteiger partial charge in [0, 0.05) is 17.0 Å². The van der Waals surface area contributed by atoms with Gasteiger partial charge in [-0.3, -0.25) is 4.98 Å². The molecule has 0 bridgehead atoms. The molecule has 0 atom stereocenters. The fourth-order valence-corrected chi connectivity index (χ4v) is 1.93. The van der Waals surface area contributed by atoms with Gasteiger partial charge in [-0.1, -0.05) is 18.2 Å². The predicted molar refractivity (Wildman–Crippen MR) is 64.0 cm³/mol. The summed E-state index contributed by atoms with van der Waals surface area (Å²) in [5.74, 6) is -1.03. The van der Waals surface area contributed by atoms with Crippen molar-refractivity contribution in [1.29, 1.82) is 0 Å². The summed E-state index contributed by atoms with van der Waals surface area (Å²) in [4.78, 5) is 19.6. The van der Waals surface area contributed by atoms with E-state index in [0.717, 1.165) is 5.39 Å². The first-order valence-corrected chi connectivity index (χ1v) is 5.14. The van der Waals surface area contributed by atoms with Crippen LogP contribution in [-0.2, 0) is 0 Å². The van der Waals surface area contributed by atoms with Crippen molar-refractivity contribution >= 4 is 27.8 Å². The lowest BCUT2D eigenvalue weighted by Gasteiger charge is -2.05. The van der Waals surface area contributed by atoms with Crippen LogP contribution >= 0.6 is 0 Å². The van der Waals surface area contributed by atoms with E-state index in [0.29, 0.717) is 16.4 Å². The molecule has 0 saturated heterocycles. The van der Waals surface area contributed by atoms with Gasteiger partial charge in [0.2, 0.25) is 0 Å². The highest BCUT2D eigenvalue weighted by Crippen LogP contribution is 2.24. The Morgan fingerprint density at radius 2 is 1.82 bits per heavy atom. The maximum absolute atomic E-state index is 11.2. The molecule has 0 spiro atoms. The molecule has 0 saturated carbocycles. The molecule has 2 aromatic heterocycles. The maximum Gasteiger partial charge on any atom is 0.355 e. The minimum atomic E-state index is -1.03. The van der Waals surface area contributed by atoms with Crippen LogP contribution in [0.3, 0.4) is 0 Å². The van der Waals surface area contributed by atoms with Crippen LogP contribution in [0.1, 0.15) is 10.5 Å². The van der Waals surface area contributed by atoms with Gasteiger partial charge in [0.1, 0.15) is 0 Å². The molecular weight excluding hydrogens is 216 g/mol. The van der Waals surface area contributed by atoms with E-state index in [1.807, 2.05) is 18.2 Å². The number of carbonyl (C=O) groups is 1. The number of benzene rings is 1. The summed E-state index contributed by atoms with van der Waals surface area (Å²) in [6, 6.07) is 10.8. The van der Waals surface area contributed by atoms with Crippen molar-refractivity contribution < 1.29 is 9.90 Å². The first kappa shape index (κ1) is 9.72. The SMILES string of the molecule is O=C(O)c1nc2ccccc2c2ncccc12. The van der Waals surface area contributed by atoms with Gasteiger partial charge in [-0.05, 0) is 18.2 Å². The lowest BCUT2D eigenvalue weighted by atomic mass is 10.1. The van der Waals surface area contributed by atoms with Gasteiger partial charge in [-0.2, -0.15) is 0 Å². The molecule has 0 aliphatic rings. The number of carboxylic acid groups (broad SMARTS) is 1. The van der Waals surface area contributed by atoms with E-state index >= 15 is 0 Å². The zero-order chi connectivity index (χ0) is 11.8. The third-order valence-corrected chi connectivity index (χ3v) is 2.66. The van der Waals surface area contributed by atoms with Crippen LogP contribution in [0.2, 0.25) is 0 Å². The number of nitrogens with zero attached hydrogens (tertiary/aromatic N) is 2. The summed E-state index contributed by atoms with van der Waals surface area (Å²) < 4.78 is 0. The summed E-state index contributed by atoms with van der Waals surface area (Å²) >= 11 is 0. The number of aromatic carboxylic acids is 1. The number of para-hydroxylation sites is 1. The second-order valence-electron chi connectivity index (χ2n) is 3.68. The van der Waals surface area contributed by atoms with Crippen molar-refractivity contribution in [3.63, 3.8) is 0 Å². The van der Waals surface area contributed by atoms with Crippen molar-refractivity contribution in [3.05, 3.63) is 48.3 Å². The normalized spacial score (nSPS) is 10.8. The maximum atomic E-state index is 11.2. The minimum absolute atomic E-state index is 0.0480. The fourth-order valence-electron chi connectivity index (χ4n) is 1.93. The molecule has 0 aliphatic carbocycles. The van der Waals surface area contributed by atoms with E-state index in [-0.39, 0.29) is 5.69 Å². The monoisotopic (exact) mass is 224 g/mol. The third-order valence-electron chi connectivity index (χ3n) is 2.66. The van der Waals surface area contributed by atoms with Gasteiger partial charge in [0.15, 0.2) is 5.69 Å². The van der Waals surface area contributed by atoms with Crippen molar-refractivity contribution in [2.45, 2.75) is 0 Å². The molecule has 0 fully saturated rings. The van der Waals surface area contributed by atoms with Gasteiger partial charge in [0.05, 0.1) is 11.0 Å². The zero-order valence-electron chi connectivity index (χ0n) is 8.79. The predicted octanol–water partition coefficient (Wildman–Crippen LogP) is 2.48. The number of fused-ring (bicyclic) bond motifs is 3. The minimum Gasteiger partial charge on any atom is -0.476 e. The summed E-state index contributed by atoms with van der Waals surface area (Å²) in [7, 11) is 0. The Kier molecular flexibility index (Phi) is 2.01. The Labute approximate surface area is 96.6 Å². The first-order chi connectivity index (χ1) is 8.27. The van der Waals surface area contributed by atoms with Crippen LogP contribution in [0.4, 0.5) is 0 Å². The molecular formula is C13H8N2O2. The quantitative estimate of drug-likeness (QED) is 0.645. The average Bonchev–Trinajstić information content (AvgIpc) is 2.37. The topological polar surface area (TPSA) is 63.1 Å². The second-order valence-corrected chi connectivity index (χ2v) is 3.68. The molecule has 1 aromatic carbocycles. The van der Waals surface area contributed by atoms with Crippen LogP contribution < -0.4 is 0 Å². The molecule has 4 heteroatoms. The summed E-state index contributed by atoms with van der Waals surface area (Å²) in [5, 5.41) is 10.6. The van der Waals surface area contributed by atoms with Gasteiger partial charge in [0.25, 0.3) is 0 Å². The molecule has 3 rings (SSSR count). The van der Waals surface area contributed by atoms with Gasteiger partial charge < -0.3 is 5.11 Å². The Balaban J connectivity index is 2.59. The number of carboxylic acids is 1. The molecule has 0 aliphatic heterocycles. The molecule has 0 unspecified atom stereocenters. The number of hydrogen-bond donors (Lipinski definition) is 1. The van der Waals surface area contributed by atoms with Crippen molar-refractivity contribution in [2.75, 3.05) is 0 Å².